The molecule has 0 atom stereocenters. The van der Waals surface area contributed by atoms with Crippen molar-refractivity contribution < 1.29 is 25.6 Å². The molecule has 42 heavy (non-hydrogen) atoms. The van der Waals surface area contributed by atoms with Crippen LogP contribution in [0.25, 0.3) is 0 Å². The molecule has 0 aliphatic carbocycles. The van der Waals surface area contributed by atoms with Gasteiger partial charge >= 0.3 is 0 Å². The summed E-state index contributed by atoms with van der Waals surface area (Å²) in [6.45, 7) is 7.52. The van der Waals surface area contributed by atoms with Crippen LogP contribution in [0, 0.1) is 31.4 Å². The van der Waals surface area contributed by atoms with Crippen LogP contribution in [0.15, 0.2) is 82.8 Å². The van der Waals surface area contributed by atoms with Gasteiger partial charge in [-0.15, -0.1) is 0 Å². The summed E-state index contributed by atoms with van der Waals surface area (Å²) in [6.07, 6.45) is 2.76. The topological polar surface area (TPSA) is 109 Å². The minimum absolute atomic E-state index is 0.0238. The summed E-state index contributed by atoms with van der Waals surface area (Å²) in [7, 11) is -7.63. The van der Waals surface area contributed by atoms with Crippen molar-refractivity contribution in [2.45, 2.75) is 37.5 Å². The Morgan fingerprint density at radius 2 is 1.26 bits per heavy atom. The van der Waals surface area contributed by atoms with Crippen LogP contribution < -0.4 is 9.03 Å². The number of nitrogens with zero attached hydrogens (tertiary/aromatic N) is 3. The van der Waals surface area contributed by atoms with Crippen LogP contribution in [0.5, 0.6) is 0 Å². The highest BCUT2D eigenvalue weighted by Gasteiger charge is 2.28. The molecule has 0 saturated heterocycles. The molecule has 8 nitrogen and oxygen atoms in total. The monoisotopic (exact) mass is 656 g/mol. The maximum absolute atomic E-state index is 13.1. The normalized spacial score (nSPS) is 11.5. The maximum Gasteiger partial charge on any atom is 0.265 e. The second-order valence-corrected chi connectivity index (χ2v) is 14.0. The molecule has 0 unspecified atom stereocenters. The van der Waals surface area contributed by atoms with E-state index in [2.05, 4.69) is 14.7 Å². The van der Waals surface area contributed by atoms with Crippen molar-refractivity contribution in [2.24, 2.45) is 5.92 Å². The van der Waals surface area contributed by atoms with Gasteiger partial charge in [0.15, 0.2) is 0 Å². The molecular formula is C28H28Cl2F2N4O4S2. The predicted octanol–water partition coefficient (Wildman–Crippen LogP) is 7.02. The van der Waals surface area contributed by atoms with Crippen molar-refractivity contribution in [1.29, 1.82) is 0 Å². The minimum Gasteiger partial charge on any atom is -0.263 e. The Morgan fingerprint density at radius 3 is 1.74 bits per heavy atom. The number of nitrogens with one attached hydrogen (secondary N) is 1. The average Bonchev–Trinajstić information content (AvgIpc) is 2.90. The minimum atomic E-state index is -3.84. The second kappa shape index (κ2) is 13.8. The molecule has 4 rings (SSSR count). The lowest BCUT2D eigenvalue weighted by atomic mass is 10.2. The van der Waals surface area contributed by atoms with Crippen LogP contribution in [-0.4, -0.2) is 33.3 Å². The first-order chi connectivity index (χ1) is 19.6. The number of aryl methyl sites for hydroxylation is 2. The second-order valence-electron chi connectivity index (χ2n) is 9.56. The number of benzene rings is 2. The molecule has 2 aromatic heterocycles. The van der Waals surface area contributed by atoms with Crippen molar-refractivity contribution in [3.8, 4) is 0 Å². The Hall–Kier alpha value is -3.32. The smallest absolute Gasteiger partial charge is 0.263 e. The molecule has 2 heterocycles. The molecule has 0 aliphatic rings. The fourth-order valence-corrected chi connectivity index (χ4v) is 6.76. The van der Waals surface area contributed by atoms with E-state index in [0.717, 1.165) is 24.3 Å². The van der Waals surface area contributed by atoms with Crippen molar-refractivity contribution >= 4 is 54.9 Å². The highest BCUT2D eigenvalue weighted by molar-refractivity contribution is 7.93. The molecule has 224 valence electrons. The molecule has 0 bridgehead atoms. The van der Waals surface area contributed by atoms with Crippen LogP contribution in [0.3, 0.4) is 0 Å². The first-order valence-electron chi connectivity index (χ1n) is 12.4. The summed E-state index contributed by atoms with van der Waals surface area (Å²) in [5, 5.41) is 0.858. The predicted molar refractivity (Wildman–Crippen MR) is 161 cm³/mol. The van der Waals surface area contributed by atoms with E-state index < -0.39 is 31.7 Å². The van der Waals surface area contributed by atoms with Gasteiger partial charge in [-0.25, -0.2) is 39.9 Å². The third-order valence-corrected chi connectivity index (χ3v) is 9.12. The Bertz CT molecular complexity index is 1760. The van der Waals surface area contributed by atoms with Gasteiger partial charge in [0.1, 0.15) is 23.3 Å². The van der Waals surface area contributed by atoms with Crippen LogP contribution in [0.4, 0.5) is 20.4 Å². The number of hydrogen-bond donors (Lipinski definition) is 1. The molecule has 0 saturated carbocycles. The first-order valence-corrected chi connectivity index (χ1v) is 16.1. The standard InChI is InChI=1S/C16H18ClFN2O2S.C12H10ClFN2O2S/c1-11(2)10-20(16-12(3)8-13(17)9-19-16)23(21,22)15-6-4-14(18)5-7-15;1-8-6-9(13)7-15-12(8)16-19(17,18)11-4-2-10(14)3-5-11/h4-9,11H,10H2,1-3H3;2-7H,1H3,(H,15,16). The molecule has 0 amide bonds. The third-order valence-electron chi connectivity index (χ3n) is 5.59. The van der Waals surface area contributed by atoms with E-state index in [1.807, 2.05) is 13.8 Å². The van der Waals surface area contributed by atoms with E-state index >= 15 is 0 Å². The van der Waals surface area contributed by atoms with E-state index in [0.29, 0.717) is 27.0 Å². The van der Waals surface area contributed by atoms with E-state index in [4.69, 9.17) is 23.2 Å². The highest BCUT2D eigenvalue weighted by Crippen LogP contribution is 2.28. The molecule has 14 heteroatoms. The number of halogens is 4. The highest BCUT2D eigenvalue weighted by atomic mass is 35.5. The van der Waals surface area contributed by atoms with Crippen molar-refractivity contribution in [3.63, 3.8) is 0 Å². The average molecular weight is 658 g/mol. The Kier molecular flexibility index (Phi) is 10.9. The molecule has 0 fully saturated rings. The summed E-state index contributed by atoms with van der Waals surface area (Å²) in [5.74, 6) is -0.386. The lowest BCUT2D eigenvalue weighted by Crippen LogP contribution is -2.35. The van der Waals surface area contributed by atoms with Crippen LogP contribution >= 0.6 is 23.2 Å². The third kappa shape index (κ3) is 8.60. The first kappa shape index (κ1) is 33.2. The zero-order valence-corrected chi connectivity index (χ0v) is 26.2. The molecule has 4 aromatic rings. The van der Waals surface area contributed by atoms with Crippen molar-refractivity contribution in [1.82, 2.24) is 9.97 Å². The number of aromatic nitrogens is 2. The molecular weight excluding hydrogens is 629 g/mol. The molecule has 1 N–H and O–H groups in total. The maximum atomic E-state index is 13.1. The number of sulfonamides is 2. The van der Waals surface area contributed by atoms with Crippen LogP contribution in [0.1, 0.15) is 25.0 Å². The Balaban J connectivity index is 0.000000235. The van der Waals surface area contributed by atoms with Gasteiger partial charge in [0, 0.05) is 18.9 Å². The SMILES string of the molecule is Cc1cc(Cl)cnc1N(CC(C)C)S(=O)(=O)c1ccc(F)cc1.Cc1cc(Cl)cnc1NS(=O)(=O)c1ccc(F)cc1. The largest absolute Gasteiger partial charge is 0.265 e. The number of anilines is 2. The summed E-state index contributed by atoms with van der Waals surface area (Å²) >= 11 is 11.6. The number of hydrogen-bond acceptors (Lipinski definition) is 6. The van der Waals surface area contributed by atoms with Gasteiger partial charge in [-0.05, 0) is 91.6 Å². The van der Waals surface area contributed by atoms with E-state index in [1.165, 1.54) is 41.0 Å². The van der Waals surface area contributed by atoms with Crippen LogP contribution in [-0.2, 0) is 20.0 Å². The van der Waals surface area contributed by atoms with Gasteiger partial charge in [0.25, 0.3) is 20.0 Å². The lowest BCUT2D eigenvalue weighted by molar-refractivity contribution is 0.575. The van der Waals surface area contributed by atoms with Gasteiger partial charge < -0.3 is 0 Å². The molecule has 2 aromatic carbocycles. The summed E-state index contributed by atoms with van der Waals surface area (Å²) in [5.41, 5.74) is 1.25. The van der Waals surface area contributed by atoms with Gasteiger partial charge in [0.2, 0.25) is 0 Å². The zero-order valence-electron chi connectivity index (χ0n) is 23.0. The van der Waals surface area contributed by atoms with Gasteiger partial charge in [-0.1, -0.05) is 37.0 Å². The Morgan fingerprint density at radius 1 is 0.786 bits per heavy atom. The number of pyridine rings is 2. The van der Waals surface area contributed by atoms with Gasteiger partial charge in [-0.3, -0.25) is 4.72 Å². The summed E-state index contributed by atoms with van der Waals surface area (Å²) < 4.78 is 79.4. The zero-order chi connectivity index (χ0) is 31.2. The van der Waals surface area contributed by atoms with E-state index in [1.54, 1.807) is 26.0 Å². The molecule has 0 spiro atoms. The fourth-order valence-electron chi connectivity index (χ4n) is 3.61. The van der Waals surface area contributed by atoms with E-state index in [-0.39, 0.29) is 28.1 Å². The van der Waals surface area contributed by atoms with Crippen molar-refractivity contribution in [2.75, 3.05) is 15.6 Å². The van der Waals surface area contributed by atoms with Gasteiger partial charge in [-0.2, -0.15) is 0 Å². The summed E-state index contributed by atoms with van der Waals surface area (Å²) in [6, 6.07) is 12.5. The van der Waals surface area contributed by atoms with Crippen molar-refractivity contribution in [3.05, 3.63) is 106 Å². The van der Waals surface area contributed by atoms with Crippen LogP contribution in [0.2, 0.25) is 10.0 Å². The molecule has 0 radical (unpaired) electrons. The number of rotatable bonds is 8. The molecule has 0 aliphatic heterocycles. The Labute approximate surface area is 254 Å². The fraction of sp³-hybridized carbons (Fsp3) is 0.214. The quantitative estimate of drug-likeness (QED) is 0.218. The van der Waals surface area contributed by atoms with Gasteiger partial charge in [0.05, 0.1) is 19.8 Å². The lowest BCUT2D eigenvalue weighted by Gasteiger charge is -2.26. The van der Waals surface area contributed by atoms with E-state index in [9.17, 15) is 25.6 Å². The summed E-state index contributed by atoms with van der Waals surface area (Å²) in [4.78, 5) is 8.08.